The fraction of sp³-hybridized carbons (Fsp3) is 0.875. The molecule has 3 N–H and O–H groups in total. The zero-order chi connectivity index (χ0) is 9.84. The van der Waals surface area contributed by atoms with Gasteiger partial charge in [-0.2, -0.15) is 0 Å². The molecule has 0 bridgehead atoms. The molecule has 2 unspecified atom stereocenters. The van der Waals surface area contributed by atoms with Crippen molar-refractivity contribution in [1.82, 2.24) is 10.3 Å². The number of hydrogen-bond donors (Lipinski definition) is 2. The molecule has 5 nitrogen and oxygen atoms in total. The van der Waals surface area contributed by atoms with Crippen molar-refractivity contribution in [1.29, 1.82) is 0 Å². The number of nitrogens with two attached hydrogens (primary N) is 1. The van der Waals surface area contributed by atoms with Gasteiger partial charge in [0, 0.05) is 12.6 Å². The molecule has 0 aromatic carbocycles. The number of hydrazine groups is 1. The topological polar surface area (TPSA) is 67.6 Å². The van der Waals surface area contributed by atoms with Crippen molar-refractivity contribution in [3.05, 3.63) is 0 Å². The van der Waals surface area contributed by atoms with Crippen LogP contribution in [0.4, 0.5) is 0 Å². The van der Waals surface area contributed by atoms with E-state index in [9.17, 15) is 4.79 Å². The van der Waals surface area contributed by atoms with Gasteiger partial charge in [-0.1, -0.05) is 0 Å². The Morgan fingerprint density at radius 1 is 1.77 bits per heavy atom. The highest BCUT2D eigenvalue weighted by molar-refractivity contribution is 5.80. The second-order valence-corrected chi connectivity index (χ2v) is 3.35. The molecular formula is C8H17N3O2. The lowest BCUT2D eigenvalue weighted by atomic mass is 10.2. The van der Waals surface area contributed by atoms with E-state index in [1.54, 1.807) is 0 Å². The van der Waals surface area contributed by atoms with E-state index >= 15 is 0 Å². The summed E-state index contributed by atoms with van der Waals surface area (Å²) >= 11 is 0. The molecule has 1 fully saturated rings. The lowest BCUT2D eigenvalue weighted by molar-refractivity contribution is -0.129. The van der Waals surface area contributed by atoms with Crippen LogP contribution in [0.5, 0.6) is 0 Å². The maximum Gasteiger partial charge on any atom is 0.250 e. The average molecular weight is 187 g/mol. The fourth-order valence-corrected chi connectivity index (χ4v) is 1.59. The van der Waals surface area contributed by atoms with Gasteiger partial charge in [0.2, 0.25) is 0 Å². The molecule has 1 aliphatic rings. The third kappa shape index (κ3) is 2.40. The molecule has 0 radical (unpaired) electrons. The van der Waals surface area contributed by atoms with Gasteiger partial charge >= 0.3 is 0 Å². The van der Waals surface area contributed by atoms with Gasteiger partial charge in [-0.05, 0) is 13.8 Å². The smallest absolute Gasteiger partial charge is 0.250 e. The first-order valence-corrected chi connectivity index (χ1v) is 4.50. The van der Waals surface area contributed by atoms with Crippen molar-refractivity contribution in [3.8, 4) is 0 Å². The highest BCUT2D eigenvalue weighted by Crippen LogP contribution is 2.10. The summed E-state index contributed by atoms with van der Waals surface area (Å²) in [4.78, 5) is 13.3. The molecule has 1 saturated heterocycles. The molecule has 5 heteroatoms. The Morgan fingerprint density at radius 3 is 3.00 bits per heavy atom. The summed E-state index contributed by atoms with van der Waals surface area (Å²) in [6.07, 6.45) is 0. The molecule has 0 aromatic heterocycles. The number of rotatable bonds is 2. The minimum atomic E-state index is -0.177. The number of amides is 1. The quantitative estimate of drug-likeness (QED) is 0.333. The maximum atomic E-state index is 11.2. The molecule has 0 aliphatic carbocycles. The second-order valence-electron chi connectivity index (χ2n) is 3.35. The van der Waals surface area contributed by atoms with E-state index in [-0.39, 0.29) is 18.0 Å². The van der Waals surface area contributed by atoms with Crippen molar-refractivity contribution < 1.29 is 9.53 Å². The highest BCUT2D eigenvalue weighted by Gasteiger charge is 2.27. The molecule has 0 spiro atoms. The normalized spacial score (nSPS) is 26.8. The summed E-state index contributed by atoms with van der Waals surface area (Å²) in [5, 5.41) is 0. The molecule has 1 aliphatic heterocycles. The first-order valence-electron chi connectivity index (χ1n) is 4.50. The number of carbonyl (C=O) groups is 1. The SMILES string of the molecule is CC1COCCN1C(C)C(=O)NN. The summed E-state index contributed by atoms with van der Waals surface area (Å²) in [5.74, 6) is 4.92. The standard InChI is InChI=1S/C8H17N3O2/c1-6-5-13-4-3-11(6)7(2)8(12)10-9/h6-7H,3-5,9H2,1-2H3,(H,10,12). The van der Waals surface area contributed by atoms with Crippen LogP contribution >= 0.6 is 0 Å². The van der Waals surface area contributed by atoms with E-state index in [0.717, 1.165) is 6.54 Å². The molecule has 0 saturated carbocycles. The number of ether oxygens (including phenoxy) is 1. The van der Waals surface area contributed by atoms with Crippen LogP contribution in [0.1, 0.15) is 13.8 Å². The van der Waals surface area contributed by atoms with Crippen molar-refractivity contribution in [2.24, 2.45) is 5.84 Å². The van der Waals surface area contributed by atoms with E-state index in [1.807, 2.05) is 13.8 Å². The van der Waals surface area contributed by atoms with Gasteiger partial charge in [0.1, 0.15) is 0 Å². The summed E-state index contributed by atoms with van der Waals surface area (Å²) in [6, 6.07) is 0.102. The predicted molar refractivity (Wildman–Crippen MR) is 48.8 cm³/mol. The van der Waals surface area contributed by atoms with E-state index in [1.165, 1.54) is 0 Å². The molecule has 13 heavy (non-hydrogen) atoms. The molecule has 0 aromatic rings. The summed E-state index contributed by atoms with van der Waals surface area (Å²) < 4.78 is 5.27. The van der Waals surface area contributed by atoms with Crippen LogP contribution in [0.15, 0.2) is 0 Å². The van der Waals surface area contributed by atoms with Crippen LogP contribution < -0.4 is 11.3 Å². The Hall–Kier alpha value is -0.650. The molecule has 1 rings (SSSR count). The van der Waals surface area contributed by atoms with Gasteiger partial charge in [-0.25, -0.2) is 5.84 Å². The summed E-state index contributed by atoms with van der Waals surface area (Å²) in [6.45, 7) is 6.05. The Bertz CT molecular complexity index is 186. The van der Waals surface area contributed by atoms with Gasteiger partial charge in [0.15, 0.2) is 0 Å². The number of carbonyl (C=O) groups excluding carboxylic acids is 1. The maximum absolute atomic E-state index is 11.2. The monoisotopic (exact) mass is 187 g/mol. The third-order valence-electron chi connectivity index (χ3n) is 2.44. The first kappa shape index (κ1) is 10.4. The van der Waals surface area contributed by atoms with Crippen molar-refractivity contribution in [3.63, 3.8) is 0 Å². The largest absolute Gasteiger partial charge is 0.379 e. The molecular weight excluding hydrogens is 170 g/mol. The molecule has 1 amide bonds. The van der Waals surface area contributed by atoms with Gasteiger partial charge in [0.05, 0.1) is 19.3 Å². The molecule has 1 heterocycles. The van der Waals surface area contributed by atoms with Crippen LogP contribution in [0.3, 0.4) is 0 Å². The Labute approximate surface area is 78.2 Å². The summed E-state index contributed by atoms with van der Waals surface area (Å²) in [7, 11) is 0. The third-order valence-corrected chi connectivity index (χ3v) is 2.44. The van der Waals surface area contributed by atoms with Crippen LogP contribution in [0, 0.1) is 0 Å². The van der Waals surface area contributed by atoms with Gasteiger partial charge < -0.3 is 4.74 Å². The Balaban J connectivity index is 2.53. The van der Waals surface area contributed by atoms with Crippen molar-refractivity contribution in [2.45, 2.75) is 25.9 Å². The number of nitrogens with zero attached hydrogens (tertiary/aromatic N) is 1. The van der Waals surface area contributed by atoms with E-state index in [2.05, 4.69) is 10.3 Å². The van der Waals surface area contributed by atoms with E-state index in [0.29, 0.717) is 13.2 Å². The van der Waals surface area contributed by atoms with Crippen LogP contribution in [-0.2, 0) is 9.53 Å². The second kappa shape index (κ2) is 4.55. The molecule has 2 atom stereocenters. The number of morpholine rings is 1. The number of nitrogens with one attached hydrogen (secondary N) is 1. The highest BCUT2D eigenvalue weighted by atomic mass is 16.5. The number of hydrogen-bond acceptors (Lipinski definition) is 4. The van der Waals surface area contributed by atoms with Crippen LogP contribution in [-0.4, -0.2) is 42.6 Å². The van der Waals surface area contributed by atoms with Crippen molar-refractivity contribution in [2.75, 3.05) is 19.8 Å². The zero-order valence-electron chi connectivity index (χ0n) is 8.12. The Kier molecular flexibility index (Phi) is 3.65. The van der Waals surface area contributed by atoms with Gasteiger partial charge in [-0.15, -0.1) is 0 Å². The fourth-order valence-electron chi connectivity index (χ4n) is 1.59. The lowest BCUT2D eigenvalue weighted by Gasteiger charge is -2.36. The van der Waals surface area contributed by atoms with Gasteiger partial charge in [0.25, 0.3) is 5.91 Å². The van der Waals surface area contributed by atoms with Crippen molar-refractivity contribution >= 4 is 5.91 Å². The van der Waals surface area contributed by atoms with E-state index in [4.69, 9.17) is 10.6 Å². The van der Waals surface area contributed by atoms with Crippen LogP contribution in [0.25, 0.3) is 0 Å². The van der Waals surface area contributed by atoms with E-state index < -0.39 is 0 Å². The average Bonchev–Trinajstić information content (AvgIpc) is 2.16. The predicted octanol–water partition coefficient (Wildman–Crippen LogP) is -0.914. The first-order chi connectivity index (χ1) is 6.16. The summed E-state index contributed by atoms with van der Waals surface area (Å²) in [5.41, 5.74) is 2.16. The minimum Gasteiger partial charge on any atom is -0.379 e. The minimum absolute atomic E-state index is 0.145. The van der Waals surface area contributed by atoms with Crippen LogP contribution in [0.2, 0.25) is 0 Å². The van der Waals surface area contributed by atoms with Gasteiger partial charge in [-0.3, -0.25) is 15.1 Å². The lowest BCUT2D eigenvalue weighted by Crippen LogP contribution is -2.54. The zero-order valence-corrected chi connectivity index (χ0v) is 8.12. The Morgan fingerprint density at radius 2 is 2.46 bits per heavy atom. The molecule has 76 valence electrons.